The van der Waals surface area contributed by atoms with Crippen LogP contribution in [0.3, 0.4) is 0 Å². The molecule has 0 fully saturated rings. The van der Waals surface area contributed by atoms with Crippen molar-refractivity contribution in [3.05, 3.63) is 41.4 Å². The molecule has 4 heteroatoms. The van der Waals surface area contributed by atoms with Gasteiger partial charge in [0.05, 0.1) is 0 Å². The highest BCUT2D eigenvalue weighted by atomic mass is 16.5. The molecule has 1 N–H and O–H groups in total. The average Bonchev–Trinajstić information content (AvgIpc) is 2.71. The minimum absolute atomic E-state index is 0.410. The van der Waals surface area contributed by atoms with Crippen LogP contribution >= 0.6 is 0 Å². The molecular weight excluding hydrogens is 190 g/mol. The lowest BCUT2D eigenvalue weighted by atomic mass is 10.0. The third-order valence-electron chi connectivity index (χ3n) is 2.39. The molecule has 0 amide bonds. The van der Waals surface area contributed by atoms with Gasteiger partial charge in [0.25, 0.3) is 0 Å². The van der Waals surface area contributed by atoms with Crippen LogP contribution in [0.15, 0.2) is 30.6 Å². The van der Waals surface area contributed by atoms with E-state index in [4.69, 9.17) is 0 Å². The Morgan fingerprint density at radius 3 is 2.80 bits per heavy atom. The molecule has 0 unspecified atom stereocenters. The number of H-pyrrole nitrogens is 1. The Hall–Kier alpha value is -1.84. The van der Waals surface area contributed by atoms with Crippen LogP contribution < -0.4 is 4.73 Å². The van der Waals surface area contributed by atoms with E-state index in [9.17, 15) is 5.21 Å². The van der Waals surface area contributed by atoms with Crippen LogP contribution in [0.25, 0.3) is 11.4 Å². The molecule has 78 valence electrons. The molecule has 0 spiro atoms. The Bertz CT molecular complexity index is 449. The molecule has 0 aliphatic carbocycles. The summed E-state index contributed by atoms with van der Waals surface area (Å²) in [5.74, 6) is 0.410. The van der Waals surface area contributed by atoms with E-state index in [2.05, 4.69) is 24.0 Å². The number of hydrogen-bond acceptors (Lipinski definition) is 2. The third kappa shape index (κ3) is 1.83. The van der Waals surface area contributed by atoms with Crippen LogP contribution in [-0.2, 0) is 0 Å². The van der Waals surface area contributed by atoms with Crippen molar-refractivity contribution in [2.45, 2.75) is 19.8 Å². The van der Waals surface area contributed by atoms with Gasteiger partial charge >= 0.3 is 0 Å². The van der Waals surface area contributed by atoms with Crippen LogP contribution in [0.5, 0.6) is 0 Å². The number of nitrogens with zero attached hydrogens (tertiary/aromatic N) is 2. The van der Waals surface area contributed by atoms with Gasteiger partial charge in [-0.2, -0.15) is 9.83 Å². The van der Waals surface area contributed by atoms with Crippen molar-refractivity contribution in [2.24, 2.45) is 0 Å². The van der Waals surface area contributed by atoms with Gasteiger partial charge in [-0.15, -0.1) is 0 Å². The van der Waals surface area contributed by atoms with Gasteiger partial charge in [0.15, 0.2) is 6.20 Å². The van der Waals surface area contributed by atoms with E-state index in [0.717, 1.165) is 16.0 Å². The Morgan fingerprint density at radius 2 is 2.20 bits per heavy atom. The van der Waals surface area contributed by atoms with Gasteiger partial charge < -0.3 is 5.21 Å². The molecule has 0 radical (unpaired) electrons. The maximum absolute atomic E-state index is 11.6. The number of aromatic nitrogens is 3. The summed E-state index contributed by atoms with van der Waals surface area (Å²) in [7, 11) is 0. The van der Waals surface area contributed by atoms with Gasteiger partial charge in [-0.05, 0) is 17.5 Å². The van der Waals surface area contributed by atoms with Crippen molar-refractivity contribution in [1.82, 2.24) is 10.2 Å². The van der Waals surface area contributed by atoms with Crippen LogP contribution in [0.4, 0.5) is 0 Å². The predicted molar refractivity (Wildman–Crippen MR) is 57.1 cm³/mol. The summed E-state index contributed by atoms with van der Waals surface area (Å²) in [6, 6.07) is 5.52. The molecule has 2 aromatic heterocycles. The van der Waals surface area contributed by atoms with Gasteiger partial charge in [-0.1, -0.05) is 13.8 Å². The fraction of sp³-hybridized carbons (Fsp3) is 0.273. The van der Waals surface area contributed by atoms with E-state index in [1.165, 1.54) is 6.20 Å². The molecular formula is C11H13N3O. The van der Waals surface area contributed by atoms with Gasteiger partial charge in [0.2, 0.25) is 5.69 Å². The standard InChI is InChI=1S/C11H13N3O/c1-8(2)9-4-6-14(15)11(7-9)10-3-5-12-13-10/h3-8H,1-2H3,(H,12,13). The highest BCUT2D eigenvalue weighted by molar-refractivity contribution is 5.50. The van der Waals surface area contributed by atoms with E-state index in [1.807, 2.05) is 12.1 Å². The van der Waals surface area contributed by atoms with E-state index < -0.39 is 0 Å². The lowest BCUT2D eigenvalue weighted by Crippen LogP contribution is -2.28. The second-order valence-electron chi connectivity index (χ2n) is 3.80. The number of nitrogens with one attached hydrogen (secondary N) is 1. The van der Waals surface area contributed by atoms with Crippen LogP contribution in [0, 0.1) is 5.21 Å². The smallest absolute Gasteiger partial charge is 0.242 e. The first-order valence-electron chi connectivity index (χ1n) is 4.91. The number of hydrogen-bond donors (Lipinski definition) is 1. The van der Waals surface area contributed by atoms with E-state index >= 15 is 0 Å². The van der Waals surface area contributed by atoms with Gasteiger partial charge in [0, 0.05) is 18.3 Å². The molecule has 2 aromatic rings. The maximum Gasteiger partial charge on any atom is 0.242 e. The number of rotatable bonds is 2. The summed E-state index contributed by atoms with van der Waals surface area (Å²) in [6.07, 6.45) is 3.17. The Balaban J connectivity index is 2.51. The second-order valence-corrected chi connectivity index (χ2v) is 3.80. The SMILES string of the molecule is CC(C)c1cc[n+]([O-])c(-c2ccn[nH]2)c1. The summed E-state index contributed by atoms with van der Waals surface area (Å²) in [6.45, 7) is 4.20. The molecule has 0 aromatic carbocycles. The zero-order valence-corrected chi connectivity index (χ0v) is 8.77. The average molecular weight is 203 g/mol. The lowest BCUT2D eigenvalue weighted by molar-refractivity contribution is -0.593. The van der Waals surface area contributed by atoms with Crippen molar-refractivity contribution in [2.75, 3.05) is 0 Å². The summed E-state index contributed by atoms with van der Waals surface area (Å²) in [5.41, 5.74) is 2.50. The second kappa shape index (κ2) is 3.73. The Labute approximate surface area is 88.2 Å². The monoisotopic (exact) mass is 203 g/mol. The predicted octanol–water partition coefficient (Wildman–Crippen LogP) is 1.83. The van der Waals surface area contributed by atoms with Crippen molar-refractivity contribution in [1.29, 1.82) is 0 Å². The van der Waals surface area contributed by atoms with E-state index in [1.54, 1.807) is 12.3 Å². The molecule has 0 aliphatic heterocycles. The van der Waals surface area contributed by atoms with Crippen molar-refractivity contribution >= 4 is 0 Å². The lowest BCUT2D eigenvalue weighted by Gasteiger charge is -2.07. The van der Waals surface area contributed by atoms with Crippen molar-refractivity contribution in [3.63, 3.8) is 0 Å². The largest absolute Gasteiger partial charge is 0.618 e. The zero-order valence-electron chi connectivity index (χ0n) is 8.77. The van der Waals surface area contributed by atoms with Gasteiger partial charge in [-0.25, -0.2) is 0 Å². The van der Waals surface area contributed by atoms with Crippen molar-refractivity contribution < 1.29 is 4.73 Å². The third-order valence-corrected chi connectivity index (χ3v) is 2.39. The molecule has 2 rings (SSSR count). The molecule has 4 nitrogen and oxygen atoms in total. The zero-order chi connectivity index (χ0) is 10.8. The van der Waals surface area contributed by atoms with E-state index in [-0.39, 0.29) is 0 Å². The highest BCUT2D eigenvalue weighted by Gasteiger charge is 2.12. The summed E-state index contributed by atoms with van der Waals surface area (Å²) in [4.78, 5) is 0. The minimum atomic E-state index is 0.410. The van der Waals surface area contributed by atoms with E-state index in [0.29, 0.717) is 11.6 Å². The fourth-order valence-electron chi connectivity index (χ4n) is 1.46. The van der Waals surface area contributed by atoms with Gasteiger partial charge in [0.1, 0.15) is 5.69 Å². The Kier molecular flexibility index (Phi) is 2.41. The Morgan fingerprint density at radius 1 is 1.40 bits per heavy atom. The summed E-state index contributed by atoms with van der Waals surface area (Å²) in [5, 5.41) is 18.2. The first-order chi connectivity index (χ1) is 7.18. The minimum Gasteiger partial charge on any atom is -0.618 e. The first-order valence-corrected chi connectivity index (χ1v) is 4.91. The topological polar surface area (TPSA) is 55.6 Å². The number of pyridine rings is 1. The molecule has 0 saturated heterocycles. The summed E-state index contributed by atoms with van der Waals surface area (Å²) >= 11 is 0. The molecule has 0 saturated carbocycles. The molecule has 0 atom stereocenters. The quantitative estimate of drug-likeness (QED) is 0.598. The maximum atomic E-state index is 11.6. The summed E-state index contributed by atoms with van der Waals surface area (Å²) < 4.78 is 0.847. The molecule has 2 heterocycles. The first kappa shape index (κ1) is 9.71. The van der Waals surface area contributed by atoms with Crippen LogP contribution in [-0.4, -0.2) is 10.2 Å². The van der Waals surface area contributed by atoms with Gasteiger partial charge in [-0.3, -0.25) is 5.10 Å². The van der Waals surface area contributed by atoms with Crippen LogP contribution in [0.2, 0.25) is 0 Å². The molecule has 0 bridgehead atoms. The van der Waals surface area contributed by atoms with Crippen LogP contribution in [0.1, 0.15) is 25.3 Å². The fourth-order valence-corrected chi connectivity index (χ4v) is 1.46. The highest BCUT2D eigenvalue weighted by Crippen LogP contribution is 2.18. The molecule has 15 heavy (non-hydrogen) atoms. The van der Waals surface area contributed by atoms with Crippen molar-refractivity contribution in [3.8, 4) is 11.4 Å². The normalized spacial score (nSPS) is 10.9. The number of aromatic amines is 1. The molecule has 0 aliphatic rings.